The molecule has 3 nitrogen and oxygen atoms in total. The van der Waals surface area contributed by atoms with Gasteiger partial charge < -0.3 is 10.6 Å². The second-order valence-electron chi connectivity index (χ2n) is 6.35. The summed E-state index contributed by atoms with van der Waals surface area (Å²) in [5.74, 6) is 0. The van der Waals surface area contributed by atoms with E-state index in [-0.39, 0.29) is 5.54 Å². The minimum Gasteiger partial charge on any atom is -0.317 e. The summed E-state index contributed by atoms with van der Waals surface area (Å²) in [5.41, 5.74) is 1.61. The number of aromatic nitrogens is 1. The molecule has 2 aliphatic carbocycles. The van der Waals surface area contributed by atoms with Crippen molar-refractivity contribution in [1.82, 2.24) is 15.6 Å². The van der Waals surface area contributed by atoms with Crippen LogP contribution in [-0.4, -0.2) is 24.1 Å². The summed E-state index contributed by atoms with van der Waals surface area (Å²) in [5, 5.41) is 8.84. The molecular formula is C15H23N3S. The molecule has 0 amide bonds. The van der Waals surface area contributed by atoms with Gasteiger partial charge >= 0.3 is 0 Å². The normalized spacial score (nSPS) is 26.1. The van der Waals surface area contributed by atoms with Gasteiger partial charge in [0.05, 0.1) is 11.2 Å². The first-order chi connectivity index (χ1) is 9.36. The molecule has 2 N–H and O–H groups in total. The molecule has 0 atom stereocenters. The van der Waals surface area contributed by atoms with Crippen molar-refractivity contribution >= 4 is 11.3 Å². The summed E-state index contributed by atoms with van der Waals surface area (Å²) in [7, 11) is 0. The second kappa shape index (κ2) is 4.83. The number of nitrogens with one attached hydrogen (secondary N) is 2. The molecule has 0 aromatic carbocycles. The van der Waals surface area contributed by atoms with E-state index in [0.29, 0.717) is 0 Å². The molecule has 0 spiro atoms. The van der Waals surface area contributed by atoms with E-state index < -0.39 is 0 Å². The predicted molar refractivity (Wildman–Crippen MR) is 78.7 cm³/mol. The van der Waals surface area contributed by atoms with Crippen molar-refractivity contribution in [3.8, 4) is 0 Å². The summed E-state index contributed by atoms with van der Waals surface area (Å²) in [6.45, 7) is 2.26. The van der Waals surface area contributed by atoms with E-state index in [4.69, 9.17) is 4.98 Å². The van der Waals surface area contributed by atoms with E-state index in [1.165, 1.54) is 62.1 Å². The average molecular weight is 277 g/mol. The van der Waals surface area contributed by atoms with E-state index in [2.05, 4.69) is 10.6 Å². The zero-order chi connectivity index (χ0) is 12.7. The van der Waals surface area contributed by atoms with Crippen molar-refractivity contribution in [3.05, 3.63) is 15.6 Å². The maximum Gasteiger partial charge on any atom is 0.113 e. The Hall–Kier alpha value is -0.450. The number of piperidine rings is 1. The van der Waals surface area contributed by atoms with Crippen LogP contribution in [0, 0.1) is 0 Å². The van der Waals surface area contributed by atoms with Crippen molar-refractivity contribution in [1.29, 1.82) is 0 Å². The fraction of sp³-hybridized carbons (Fsp3) is 0.800. The molecule has 1 saturated heterocycles. The van der Waals surface area contributed by atoms with Crippen molar-refractivity contribution in [2.45, 2.75) is 62.9 Å². The lowest BCUT2D eigenvalue weighted by molar-refractivity contribution is 0.242. The third-order valence-corrected chi connectivity index (χ3v) is 6.13. The Bertz CT molecular complexity index is 434. The highest BCUT2D eigenvalue weighted by molar-refractivity contribution is 7.11. The van der Waals surface area contributed by atoms with Gasteiger partial charge in [-0.05, 0) is 64.5 Å². The Morgan fingerprint density at radius 1 is 1.16 bits per heavy atom. The maximum atomic E-state index is 5.06. The van der Waals surface area contributed by atoms with Crippen molar-refractivity contribution in [2.75, 3.05) is 13.1 Å². The van der Waals surface area contributed by atoms with Gasteiger partial charge in [-0.2, -0.15) is 0 Å². The first-order valence-corrected chi connectivity index (χ1v) is 8.65. The Morgan fingerprint density at radius 2 is 1.95 bits per heavy atom. The average Bonchev–Trinajstić information content (AvgIpc) is 3.14. The fourth-order valence-electron chi connectivity index (χ4n) is 3.45. The molecule has 4 rings (SSSR count). The standard InChI is InChI=1S/C15H23N3S/c1-2-4-13-12(3-1)17-14(19-13)15(18-11-5-6-11)7-9-16-10-8-15/h11,16,18H,1-10H2. The van der Waals surface area contributed by atoms with Crippen LogP contribution < -0.4 is 10.6 Å². The summed E-state index contributed by atoms with van der Waals surface area (Å²) in [4.78, 5) is 6.64. The summed E-state index contributed by atoms with van der Waals surface area (Å²) in [6.07, 6.45) is 10.3. The number of rotatable bonds is 3. The highest BCUT2D eigenvalue weighted by atomic mass is 32.1. The van der Waals surface area contributed by atoms with Crippen LogP contribution in [0.25, 0.3) is 0 Å². The van der Waals surface area contributed by atoms with Gasteiger partial charge in [0.2, 0.25) is 0 Å². The van der Waals surface area contributed by atoms with Crippen molar-refractivity contribution < 1.29 is 0 Å². The lowest BCUT2D eigenvalue weighted by atomic mass is 9.88. The predicted octanol–water partition coefficient (Wildman–Crippen LogP) is 2.35. The van der Waals surface area contributed by atoms with Crippen LogP contribution in [0.5, 0.6) is 0 Å². The van der Waals surface area contributed by atoms with Crippen LogP contribution in [0.4, 0.5) is 0 Å². The quantitative estimate of drug-likeness (QED) is 0.890. The van der Waals surface area contributed by atoms with Gasteiger partial charge in [-0.1, -0.05) is 0 Å². The summed E-state index contributed by atoms with van der Waals surface area (Å²) >= 11 is 2.01. The first kappa shape index (κ1) is 12.3. The van der Waals surface area contributed by atoms with Crippen LogP contribution in [0.2, 0.25) is 0 Å². The zero-order valence-electron chi connectivity index (χ0n) is 11.5. The number of nitrogens with zero attached hydrogens (tertiary/aromatic N) is 1. The van der Waals surface area contributed by atoms with Crippen molar-refractivity contribution in [3.63, 3.8) is 0 Å². The fourth-order valence-corrected chi connectivity index (χ4v) is 4.81. The van der Waals surface area contributed by atoms with Gasteiger partial charge in [0.15, 0.2) is 0 Å². The lowest BCUT2D eigenvalue weighted by Gasteiger charge is -2.37. The minimum atomic E-state index is 0.189. The van der Waals surface area contributed by atoms with Crippen LogP contribution in [-0.2, 0) is 18.4 Å². The number of hydrogen-bond donors (Lipinski definition) is 2. The van der Waals surface area contributed by atoms with Gasteiger partial charge in [0.1, 0.15) is 5.01 Å². The summed E-state index contributed by atoms with van der Waals surface area (Å²) < 4.78 is 0. The Kier molecular flexibility index (Phi) is 3.13. The van der Waals surface area contributed by atoms with Gasteiger partial charge in [0.25, 0.3) is 0 Å². The molecule has 0 radical (unpaired) electrons. The van der Waals surface area contributed by atoms with Crippen LogP contribution >= 0.6 is 11.3 Å². The third-order valence-electron chi connectivity index (χ3n) is 4.77. The molecule has 2 heterocycles. The molecule has 0 bridgehead atoms. The van der Waals surface area contributed by atoms with Crippen molar-refractivity contribution in [2.24, 2.45) is 0 Å². The molecule has 1 aliphatic heterocycles. The lowest BCUT2D eigenvalue weighted by Crippen LogP contribution is -2.50. The van der Waals surface area contributed by atoms with Gasteiger partial charge in [0, 0.05) is 10.9 Å². The van der Waals surface area contributed by atoms with E-state index in [1.54, 1.807) is 4.88 Å². The molecule has 3 aliphatic rings. The second-order valence-corrected chi connectivity index (χ2v) is 7.43. The molecule has 1 aromatic rings. The molecule has 2 fully saturated rings. The zero-order valence-corrected chi connectivity index (χ0v) is 12.3. The number of hydrogen-bond acceptors (Lipinski definition) is 4. The SMILES string of the molecule is C1CCc2sc(C3(NC4CC4)CCNCC3)nc2C1. The summed E-state index contributed by atoms with van der Waals surface area (Å²) in [6, 6.07) is 0.763. The highest BCUT2D eigenvalue weighted by Gasteiger charge is 2.41. The van der Waals surface area contributed by atoms with E-state index >= 15 is 0 Å². The number of fused-ring (bicyclic) bond motifs is 1. The first-order valence-electron chi connectivity index (χ1n) is 7.83. The molecule has 19 heavy (non-hydrogen) atoms. The third kappa shape index (κ3) is 2.34. The van der Waals surface area contributed by atoms with E-state index in [0.717, 1.165) is 19.1 Å². The molecule has 0 unspecified atom stereocenters. The Labute approximate surface area is 119 Å². The van der Waals surface area contributed by atoms with Gasteiger partial charge in [-0.3, -0.25) is 0 Å². The molecule has 4 heteroatoms. The minimum absolute atomic E-state index is 0.189. The Morgan fingerprint density at radius 3 is 2.68 bits per heavy atom. The monoisotopic (exact) mass is 277 g/mol. The number of thiazole rings is 1. The molecular weight excluding hydrogens is 254 g/mol. The molecule has 1 aromatic heterocycles. The number of aryl methyl sites for hydroxylation is 2. The van der Waals surface area contributed by atoms with Crippen LogP contribution in [0.15, 0.2) is 0 Å². The van der Waals surface area contributed by atoms with Gasteiger partial charge in [-0.15, -0.1) is 11.3 Å². The van der Waals surface area contributed by atoms with Gasteiger partial charge in [-0.25, -0.2) is 4.98 Å². The molecule has 104 valence electrons. The van der Waals surface area contributed by atoms with E-state index in [9.17, 15) is 0 Å². The molecule has 1 saturated carbocycles. The maximum absolute atomic E-state index is 5.06. The van der Waals surface area contributed by atoms with E-state index in [1.807, 2.05) is 11.3 Å². The topological polar surface area (TPSA) is 37.0 Å². The largest absolute Gasteiger partial charge is 0.317 e. The smallest absolute Gasteiger partial charge is 0.113 e. The van der Waals surface area contributed by atoms with Crippen LogP contribution in [0.3, 0.4) is 0 Å². The Balaban J connectivity index is 1.66. The van der Waals surface area contributed by atoms with Crippen LogP contribution in [0.1, 0.15) is 54.1 Å². The highest BCUT2D eigenvalue weighted by Crippen LogP contribution is 2.39.